The smallest absolute Gasteiger partial charge is 0.271 e. The molecule has 0 atom stereocenters. The summed E-state index contributed by atoms with van der Waals surface area (Å²) in [7, 11) is -4.01. The highest BCUT2D eigenvalue weighted by Crippen LogP contribution is 2.26. The molecule has 0 aliphatic rings. The third-order valence-electron chi connectivity index (χ3n) is 2.30. The van der Waals surface area contributed by atoms with Crippen molar-refractivity contribution in [3.05, 3.63) is 46.8 Å². The van der Waals surface area contributed by atoms with Crippen molar-refractivity contribution in [3.8, 4) is 0 Å². The zero-order valence-electron chi connectivity index (χ0n) is 9.56. The number of hydrogen-bond acceptors (Lipinski definition) is 4. The number of nitrogens with two attached hydrogens (primary N) is 1. The maximum absolute atomic E-state index is 13.4. The largest absolute Gasteiger partial charge is 0.326 e. The third kappa shape index (κ3) is 2.91. The summed E-state index contributed by atoms with van der Waals surface area (Å²) in [6.07, 6.45) is 0. The molecule has 3 N–H and O–H groups in total. The first-order valence-electron chi connectivity index (χ1n) is 5.19. The van der Waals surface area contributed by atoms with E-state index < -0.39 is 27.3 Å². The molecule has 19 heavy (non-hydrogen) atoms. The van der Waals surface area contributed by atoms with Crippen LogP contribution in [0.1, 0.15) is 4.88 Å². The SMILES string of the molecule is NCc1ccc(S(=O)(=O)Nc2c(F)cccc2F)s1. The molecule has 8 heteroatoms. The van der Waals surface area contributed by atoms with Crippen molar-refractivity contribution in [2.24, 2.45) is 5.73 Å². The Balaban J connectivity index is 2.36. The van der Waals surface area contributed by atoms with Gasteiger partial charge >= 0.3 is 0 Å². The Labute approximate surface area is 112 Å². The highest BCUT2D eigenvalue weighted by Gasteiger charge is 2.20. The van der Waals surface area contributed by atoms with Crippen LogP contribution in [-0.4, -0.2) is 8.42 Å². The Morgan fingerprint density at radius 1 is 1.16 bits per heavy atom. The maximum Gasteiger partial charge on any atom is 0.271 e. The molecule has 0 aliphatic heterocycles. The van der Waals surface area contributed by atoms with Crippen LogP contribution in [0.15, 0.2) is 34.5 Å². The van der Waals surface area contributed by atoms with E-state index in [9.17, 15) is 17.2 Å². The molecule has 0 spiro atoms. The summed E-state index contributed by atoms with van der Waals surface area (Å²) < 4.78 is 52.5. The third-order valence-corrected chi connectivity index (χ3v) is 5.25. The number of anilines is 1. The molecule has 2 rings (SSSR count). The van der Waals surface area contributed by atoms with Gasteiger partial charge in [-0.1, -0.05) is 6.07 Å². The van der Waals surface area contributed by atoms with Crippen LogP contribution in [0.2, 0.25) is 0 Å². The molecule has 0 unspecified atom stereocenters. The summed E-state index contributed by atoms with van der Waals surface area (Å²) in [5, 5.41) is 0. The Bertz CT molecular complexity index is 678. The fourth-order valence-corrected chi connectivity index (χ4v) is 3.70. The van der Waals surface area contributed by atoms with Gasteiger partial charge in [0.05, 0.1) is 0 Å². The first kappa shape index (κ1) is 13.9. The van der Waals surface area contributed by atoms with E-state index in [0.717, 1.165) is 29.5 Å². The van der Waals surface area contributed by atoms with Gasteiger partial charge in [-0.15, -0.1) is 11.3 Å². The lowest BCUT2D eigenvalue weighted by Crippen LogP contribution is -2.13. The minimum absolute atomic E-state index is 0.0457. The summed E-state index contributed by atoms with van der Waals surface area (Å²) in [5.41, 5.74) is 4.69. The molecule has 1 heterocycles. The van der Waals surface area contributed by atoms with Gasteiger partial charge < -0.3 is 5.73 Å². The second-order valence-corrected chi connectivity index (χ2v) is 6.70. The lowest BCUT2D eigenvalue weighted by atomic mass is 10.3. The second kappa shape index (κ2) is 5.24. The zero-order chi connectivity index (χ0) is 14.0. The molecule has 1 aromatic heterocycles. The van der Waals surface area contributed by atoms with E-state index in [1.54, 1.807) is 6.07 Å². The molecule has 1 aromatic carbocycles. The summed E-state index contributed by atoms with van der Waals surface area (Å²) in [6.45, 7) is 0.203. The number of benzene rings is 1. The van der Waals surface area contributed by atoms with Crippen LogP contribution < -0.4 is 10.5 Å². The molecular formula is C11H10F2N2O2S2. The molecule has 0 amide bonds. The topological polar surface area (TPSA) is 72.2 Å². The van der Waals surface area contributed by atoms with Gasteiger partial charge in [0.25, 0.3) is 10.0 Å². The fourth-order valence-electron chi connectivity index (χ4n) is 1.39. The summed E-state index contributed by atoms with van der Waals surface area (Å²) in [4.78, 5) is 0.661. The van der Waals surface area contributed by atoms with Crippen molar-refractivity contribution in [2.45, 2.75) is 10.8 Å². The van der Waals surface area contributed by atoms with Crippen LogP contribution in [0, 0.1) is 11.6 Å². The summed E-state index contributed by atoms with van der Waals surface area (Å²) in [5.74, 6) is -1.95. The van der Waals surface area contributed by atoms with E-state index in [4.69, 9.17) is 5.73 Å². The highest BCUT2D eigenvalue weighted by molar-refractivity contribution is 7.94. The van der Waals surface area contributed by atoms with E-state index >= 15 is 0 Å². The first-order chi connectivity index (χ1) is 8.94. The van der Waals surface area contributed by atoms with Gasteiger partial charge in [0.2, 0.25) is 0 Å². The van der Waals surface area contributed by atoms with E-state index in [1.807, 2.05) is 4.72 Å². The van der Waals surface area contributed by atoms with E-state index in [2.05, 4.69) is 0 Å². The van der Waals surface area contributed by atoms with Crippen molar-refractivity contribution in [1.29, 1.82) is 0 Å². The number of nitrogens with one attached hydrogen (secondary N) is 1. The maximum atomic E-state index is 13.4. The van der Waals surface area contributed by atoms with Crippen molar-refractivity contribution < 1.29 is 17.2 Å². The number of hydrogen-bond donors (Lipinski definition) is 2. The quantitative estimate of drug-likeness (QED) is 0.910. The van der Waals surface area contributed by atoms with Crippen LogP contribution in [0.5, 0.6) is 0 Å². The number of rotatable bonds is 4. The number of para-hydroxylation sites is 1. The van der Waals surface area contributed by atoms with E-state index in [1.165, 1.54) is 6.07 Å². The van der Waals surface area contributed by atoms with Crippen LogP contribution in [0.3, 0.4) is 0 Å². The van der Waals surface area contributed by atoms with Gasteiger partial charge in [-0.3, -0.25) is 4.72 Å². The van der Waals surface area contributed by atoms with Gasteiger partial charge in [0, 0.05) is 11.4 Å². The molecule has 0 saturated heterocycles. The van der Waals surface area contributed by atoms with Gasteiger partial charge in [-0.05, 0) is 24.3 Å². The molecular weight excluding hydrogens is 294 g/mol. The van der Waals surface area contributed by atoms with E-state index in [0.29, 0.717) is 4.88 Å². The summed E-state index contributed by atoms with van der Waals surface area (Å²) >= 11 is 0.950. The molecule has 2 aromatic rings. The first-order valence-corrected chi connectivity index (χ1v) is 7.49. The molecule has 0 bridgehead atoms. The lowest BCUT2D eigenvalue weighted by Gasteiger charge is -2.08. The molecule has 0 fully saturated rings. The average Bonchev–Trinajstić information content (AvgIpc) is 2.83. The Morgan fingerprint density at radius 3 is 2.32 bits per heavy atom. The van der Waals surface area contributed by atoms with Gasteiger partial charge in [0.1, 0.15) is 21.5 Å². The summed E-state index contributed by atoms with van der Waals surface area (Å²) in [6, 6.07) is 5.99. The van der Waals surface area contributed by atoms with Gasteiger partial charge in [0.15, 0.2) is 0 Å². The Kier molecular flexibility index (Phi) is 3.83. The second-order valence-electron chi connectivity index (χ2n) is 3.63. The predicted molar refractivity (Wildman–Crippen MR) is 69.4 cm³/mol. The van der Waals surface area contributed by atoms with Crippen molar-refractivity contribution in [3.63, 3.8) is 0 Å². The van der Waals surface area contributed by atoms with Crippen LogP contribution in [0.25, 0.3) is 0 Å². The van der Waals surface area contributed by atoms with Crippen molar-refractivity contribution in [1.82, 2.24) is 0 Å². The number of sulfonamides is 1. The zero-order valence-corrected chi connectivity index (χ0v) is 11.2. The fraction of sp³-hybridized carbons (Fsp3) is 0.0909. The molecule has 0 saturated carbocycles. The minimum Gasteiger partial charge on any atom is -0.326 e. The lowest BCUT2D eigenvalue weighted by molar-refractivity contribution is 0.583. The number of thiophene rings is 1. The van der Waals surface area contributed by atoms with Crippen LogP contribution in [0.4, 0.5) is 14.5 Å². The van der Waals surface area contributed by atoms with Crippen LogP contribution in [-0.2, 0) is 16.6 Å². The predicted octanol–water partition coefficient (Wildman–Crippen LogP) is 2.29. The standard InChI is InChI=1S/C11H10F2N2O2S2/c12-8-2-1-3-9(13)11(8)15-19(16,17)10-5-4-7(6-14)18-10/h1-5,15H,6,14H2. The monoisotopic (exact) mass is 304 g/mol. The molecule has 4 nitrogen and oxygen atoms in total. The Morgan fingerprint density at radius 2 is 1.79 bits per heavy atom. The van der Waals surface area contributed by atoms with Gasteiger partial charge in [-0.25, -0.2) is 17.2 Å². The molecule has 102 valence electrons. The highest BCUT2D eigenvalue weighted by atomic mass is 32.2. The normalized spacial score (nSPS) is 11.5. The van der Waals surface area contributed by atoms with Crippen molar-refractivity contribution >= 4 is 27.0 Å². The van der Waals surface area contributed by atoms with Crippen LogP contribution >= 0.6 is 11.3 Å². The minimum atomic E-state index is -4.01. The van der Waals surface area contributed by atoms with Gasteiger partial charge in [-0.2, -0.15) is 0 Å². The molecule has 0 aliphatic carbocycles. The number of halogens is 2. The Hall–Kier alpha value is -1.51. The average molecular weight is 304 g/mol. The molecule has 0 radical (unpaired) electrons. The van der Waals surface area contributed by atoms with E-state index in [-0.39, 0.29) is 10.8 Å². The van der Waals surface area contributed by atoms with Crippen molar-refractivity contribution in [2.75, 3.05) is 4.72 Å².